The van der Waals surface area contributed by atoms with Gasteiger partial charge in [-0.15, -0.1) is 0 Å². The fraction of sp³-hybridized carbons (Fsp3) is 0.409. The van der Waals surface area contributed by atoms with E-state index in [2.05, 4.69) is 48.7 Å². The second kappa shape index (κ2) is 11.1. The van der Waals surface area contributed by atoms with Crippen molar-refractivity contribution >= 4 is 5.96 Å². The number of nitrogens with one attached hydrogen (secondary N) is 2. The van der Waals surface area contributed by atoms with E-state index >= 15 is 0 Å². The van der Waals surface area contributed by atoms with Crippen molar-refractivity contribution in [1.82, 2.24) is 10.6 Å². The summed E-state index contributed by atoms with van der Waals surface area (Å²) in [7, 11) is 3.30. The number of hydrogen-bond donors (Lipinski definition) is 2. The molecule has 2 aromatic carbocycles. The van der Waals surface area contributed by atoms with Crippen LogP contribution in [0.15, 0.2) is 53.5 Å². The Morgan fingerprint density at radius 2 is 1.81 bits per heavy atom. The zero-order valence-corrected chi connectivity index (χ0v) is 16.8. The molecule has 2 N–H and O–H groups in total. The molecule has 1 unspecified atom stereocenters. The molecule has 5 nitrogen and oxygen atoms in total. The number of ether oxygens (including phenoxy) is 2. The van der Waals surface area contributed by atoms with Gasteiger partial charge < -0.3 is 20.1 Å². The zero-order valence-electron chi connectivity index (χ0n) is 16.8. The van der Waals surface area contributed by atoms with Gasteiger partial charge in [-0.3, -0.25) is 0 Å². The van der Waals surface area contributed by atoms with Gasteiger partial charge in [0.25, 0.3) is 0 Å². The van der Waals surface area contributed by atoms with Crippen molar-refractivity contribution in [3.05, 3.63) is 59.7 Å². The minimum Gasteiger partial charge on any atom is -0.493 e. The van der Waals surface area contributed by atoms with Gasteiger partial charge in [-0.25, -0.2) is 4.99 Å². The summed E-state index contributed by atoms with van der Waals surface area (Å²) in [5, 5.41) is 6.81. The average Bonchev–Trinajstić information content (AvgIpc) is 2.71. The molecule has 27 heavy (non-hydrogen) atoms. The van der Waals surface area contributed by atoms with Crippen LogP contribution >= 0.6 is 0 Å². The highest BCUT2D eigenvalue weighted by atomic mass is 16.5. The summed E-state index contributed by atoms with van der Waals surface area (Å²) >= 11 is 0. The zero-order chi connectivity index (χ0) is 19.5. The fourth-order valence-electron chi connectivity index (χ4n) is 2.90. The summed E-state index contributed by atoms with van der Waals surface area (Å²) in [6.45, 7) is 5.58. The van der Waals surface area contributed by atoms with E-state index in [9.17, 15) is 0 Å². The van der Waals surface area contributed by atoms with Crippen LogP contribution in [0, 0.1) is 0 Å². The van der Waals surface area contributed by atoms with Crippen LogP contribution in [-0.2, 0) is 13.0 Å². The molecule has 0 heterocycles. The van der Waals surface area contributed by atoms with Gasteiger partial charge in [0.2, 0.25) is 0 Å². The van der Waals surface area contributed by atoms with Crippen molar-refractivity contribution in [3.8, 4) is 11.5 Å². The van der Waals surface area contributed by atoms with E-state index in [0.29, 0.717) is 12.6 Å². The lowest BCUT2D eigenvalue weighted by Crippen LogP contribution is -2.42. The lowest BCUT2D eigenvalue weighted by atomic mass is 10.1. The normalized spacial score (nSPS) is 12.4. The second-order valence-corrected chi connectivity index (χ2v) is 6.42. The van der Waals surface area contributed by atoms with E-state index in [1.807, 2.05) is 24.3 Å². The molecule has 1 atom stereocenters. The minimum atomic E-state index is 0.315. The first-order chi connectivity index (χ1) is 13.2. The molecule has 0 amide bonds. The summed E-state index contributed by atoms with van der Waals surface area (Å²) in [5.41, 5.74) is 2.35. The van der Waals surface area contributed by atoms with Crippen LogP contribution in [0.1, 0.15) is 31.4 Å². The molecule has 2 rings (SSSR count). The lowest BCUT2D eigenvalue weighted by Gasteiger charge is -2.18. The van der Waals surface area contributed by atoms with E-state index in [1.165, 1.54) is 5.56 Å². The Balaban J connectivity index is 1.99. The molecule has 2 aromatic rings. The molecular formula is C22H31N3O2. The Hall–Kier alpha value is -2.69. The topological polar surface area (TPSA) is 54.9 Å². The Bertz CT molecular complexity index is 717. The lowest BCUT2D eigenvalue weighted by molar-refractivity contribution is 0.352. The fourth-order valence-corrected chi connectivity index (χ4v) is 2.90. The summed E-state index contributed by atoms with van der Waals surface area (Å²) in [5.74, 6) is 2.26. The van der Waals surface area contributed by atoms with Gasteiger partial charge in [0, 0.05) is 18.2 Å². The predicted octanol–water partition coefficient (Wildman–Crippen LogP) is 3.78. The van der Waals surface area contributed by atoms with Gasteiger partial charge in [0.15, 0.2) is 17.5 Å². The maximum Gasteiger partial charge on any atom is 0.191 e. The Morgan fingerprint density at radius 1 is 1.04 bits per heavy atom. The van der Waals surface area contributed by atoms with Crippen LogP contribution in [0.2, 0.25) is 0 Å². The van der Waals surface area contributed by atoms with E-state index in [0.717, 1.165) is 42.4 Å². The SMILES string of the molecule is CCNC(=NCc1cccc(OC)c1OC)NC(C)CCc1ccccc1. The number of benzene rings is 2. The van der Waals surface area contributed by atoms with E-state index in [-0.39, 0.29) is 0 Å². The maximum atomic E-state index is 5.49. The largest absolute Gasteiger partial charge is 0.493 e. The molecule has 0 spiro atoms. The standard InChI is InChI=1S/C22H31N3O2/c1-5-23-22(25-17(2)14-15-18-10-7-6-8-11-18)24-16-19-12-9-13-20(26-3)21(19)27-4/h6-13,17H,5,14-16H2,1-4H3,(H2,23,24,25). The summed E-state index contributed by atoms with van der Waals surface area (Å²) in [4.78, 5) is 4.72. The number of guanidine groups is 1. The molecule has 146 valence electrons. The predicted molar refractivity (Wildman–Crippen MR) is 112 cm³/mol. The van der Waals surface area contributed by atoms with Gasteiger partial charge >= 0.3 is 0 Å². The second-order valence-electron chi connectivity index (χ2n) is 6.42. The minimum absolute atomic E-state index is 0.315. The quantitative estimate of drug-likeness (QED) is 0.522. The number of methoxy groups -OCH3 is 2. The Labute approximate surface area is 162 Å². The molecule has 0 fully saturated rings. The van der Waals surface area contributed by atoms with Crippen molar-refractivity contribution in [1.29, 1.82) is 0 Å². The molecule has 0 aliphatic carbocycles. The molecule has 0 aromatic heterocycles. The molecule has 0 saturated carbocycles. The first-order valence-corrected chi connectivity index (χ1v) is 9.46. The number of aliphatic imine (C=N–C) groups is 1. The van der Waals surface area contributed by atoms with Crippen LogP contribution in [0.4, 0.5) is 0 Å². The van der Waals surface area contributed by atoms with Crippen LogP contribution < -0.4 is 20.1 Å². The summed E-state index contributed by atoms with van der Waals surface area (Å²) < 4.78 is 10.9. The third kappa shape index (κ3) is 6.51. The number of aryl methyl sites for hydroxylation is 1. The van der Waals surface area contributed by atoms with Crippen LogP contribution in [0.25, 0.3) is 0 Å². The molecule has 0 bridgehead atoms. The number of para-hydroxylation sites is 1. The van der Waals surface area contributed by atoms with Gasteiger partial charge in [-0.2, -0.15) is 0 Å². The average molecular weight is 370 g/mol. The molecule has 0 radical (unpaired) electrons. The number of rotatable bonds is 9. The van der Waals surface area contributed by atoms with E-state index < -0.39 is 0 Å². The van der Waals surface area contributed by atoms with Crippen molar-refractivity contribution in [2.75, 3.05) is 20.8 Å². The Morgan fingerprint density at radius 3 is 2.48 bits per heavy atom. The van der Waals surface area contributed by atoms with Gasteiger partial charge in [-0.05, 0) is 38.3 Å². The monoisotopic (exact) mass is 369 g/mol. The highest BCUT2D eigenvalue weighted by molar-refractivity contribution is 5.80. The van der Waals surface area contributed by atoms with Gasteiger partial charge in [0.1, 0.15) is 0 Å². The molecule has 0 aliphatic heterocycles. The summed E-state index contributed by atoms with van der Waals surface area (Å²) in [6.07, 6.45) is 2.08. The van der Waals surface area contributed by atoms with Gasteiger partial charge in [-0.1, -0.05) is 42.5 Å². The van der Waals surface area contributed by atoms with Crippen LogP contribution in [0.5, 0.6) is 11.5 Å². The van der Waals surface area contributed by atoms with E-state index in [4.69, 9.17) is 14.5 Å². The molecule has 0 saturated heterocycles. The van der Waals surface area contributed by atoms with Crippen LogP contribution in [0.3, 0.4) is 0 Å². The molecule has 0 aliphatic rings. The highest BCUT2D eigenvalue weighted by Crippen LogP contribution is 2.31. The van der Waals surface area contributed by atoms with Crippen molar-refractivity contribution in [2.45, 2.75) is 39.3 Å². The highest BCUT2D eigenvalue weighted by Gasteiger charge is 2.10. The third-order valence-electron chi connectivity index (χ3n) is 4.33. The smallest absolute Gasteiger partial charge is 0.191 e. The summed E-state index contributed by atoms with van der Waals surface area (Å²) in [6, 6.07) is 16.7. The molecular weight excluding hydrogens is 338 g/mol. The van der Waals surface area contributed by atoms with Crippen molar-refractivity contribution in [3.63, 3.8) is 0 Å². The van der Waals surface area contributed by atoms with Crippen molar-refractivity contribution < 1.29 is 9.47 Å². The first kappa shape index (κ1) is 20.6. The molecule has 5 heteroatoms. The first-order valence-electron chi connectivity index (χ1n) is 9.46. The Kier molecular flexibility index (Phi) is 8.49. The van der Waals surface area contributed by atoms with Crippen molar-refractivity contribution in [2.24, 2.45) is 4.99 Å². The number of nitrogens with zero attached hydrogens (tertiary/aromatic N) is 1. The van der Waals surface area contributed by atoms with Crippen LogP contribution in [-0.4, -0.2) is 32.8 Å². The maximum absolute atomic E-state index is 5.49. The third-order valence-corrected chi connectivity index (χ3v) is 4.33. The van der Waals surface area contributed by atoms with E-state index in [1.54, 1.807) is 14.2 Å². The van der Waals surface area contributed by atoms with Gasteiger partial charge in [0.05, 0.1) is 20.8 Å². The number of hydrogen-bond acceptors (Lipinski definition) is 3.